The van der Waals surface area contributed by atoms with Gasteiger partial charge in [-0.2, -0.15) is 5.10 Å². The van der Waals surface area contributed by atoms with Gasteiger partial charge in [-0.15, -0.1) is 0 Å². The van der Waals surface area contributed by atoms with Gasteiger partial charge in [-0.1, -0.05) is 23.7 Å². The average molecular weight is 374 g/mol. The van der Waals surface area contributed by atoms with Crippen LogP contribution in [0.3, 0.4) is 0 Å². The number of benzene rings is 2. The summed E-state index contributed by atoms with van der Waals surface area (Å²) in [6.07, 6.45) is 3.69. The van der Waals surface area contributed by atoms with Crippen molar-refractivity contribution in [1.82, 2.24) is 15.5 Å². The Bertz CT molecular complexity index is 888. The van der Waals surface area contributed by atoms with Gasteiger partial charge in [-0.25, -0.2) is 4.39 Å². The van der Waals surface area contributed by atoms with Crippen LogP contribution < -0.4 is 5.32 Å². The van der Waals surface area contributed by atoms with Crippen LogP contribution in [-0.4, -0.2) is 29.9 Å². The third-order valence-electron chi connectivity index (χ3n) is 5.25. The van der Waals surface area contributed by atoms with Gasteiger partial charge in [-0.3, -0.25) is 5.10 Å². The van der Waals surface area contributed by atoms with Crippen LogP contribution in [0.1, 0.15) is 24.0 Å². The molecule has 2 N–H and O–H groups in total. The summed E-state index contributed by atoms with van der Waals surface area (Å²) >= 11 is 6.21. The maximum atomic E-state index is 13.3. The van der Waals surface area contributed by atoms with Crippen molar-refractivity contribution in [2.45, 2.75) is 24.9 Å². The smallest absolute Gasteiger partial charge is 0.123 e. The van der Waals surface area contributed by atoms with Crippen molar-refractivity contribution in [1.29, 1.82) is 0 Å². The second kappa shape index (κ2) is 7.35. The number of halogens is 2. The first-order valence-corrected chi connectivity index (χ1v) is 9.20. The lowest BCUT2D eigenvalue weighted by atomic mass is 9.74. The summed E-state index contributed by atoms with van der Waals surface area (Å²) in [4.78, 5) is 0. The van der Waals surface area contributed by atoms with Gasteiger partial charge in [0.15, 0.2) is 0 Å². The van der Waals surface area contributed by atoms with Crippen molar-refractivity contribution >= 4 is 22.5 Å². The Labute approximate surface area is 156 Å². The van der Waals surface area contributed by atoms with Crippen LogP contribution in [0.2, 0.25) is 5.02 Å². The number of ether oxygens (including phenoxy) is 1. The van der Waals surface area contributed by atoms with Gasteiger partial charge in [0.2, 0.25) is 0 Å². The first kappa shape index (κ1) is 17.5. The second-order valence-corrected chi connectivity index (χ2v) is 7.37. The summed E-state index contributed by atoms with van der Waals surface area (Å²) in [5, 5.41) is 12.1. The molecule has 2 heterocycles. The van der Waals surface area contributed by atoms with E-state index in [1.807, 2.05) is 24.3 Å². The molecular formula is C20H21ClFN3O. The molecule has 1 saturated heterocycles. The van der Waals surface area contributed by atoms with Crippen molar-refractivity contribution in [3.05, 3.63) is 64.6 Å². The third-order valence-corrected chi connectivity index (χ3v) is 5.47. The summed E-state index contributed by atoms with van der Waals surface area (Å²) in [5.41, 5.74) is 2.99. The lowest BCUT2D eigenvalue weighted by Crippen LogP contribution is -2.43. The van der Waals surface area contributed by atoms with E-state index in [-0.39, 0.29) is 11.2 Å². The zero-order valence-electron chi connectivity index (χ0n) is 14.4. The summed E-state index contributed by atoms with van der Waals surface area (Å²) < 4.78 is 19.5. The SMILES string of the molecule is Fc1ccc(C2(COCc3cc(Cl)cc4cn[nH]c34)CCNCC2)cc1. The molecule has 1 fully saturated rings. The topological polar surface area (TPSA) is 49.9 Å². The number of aromatic nitrogens is 2. The number of nitrogens with one attached hydrogen (secondary N) is 2. The first-order chi connectivity index (χ1) is 12.7. The fourth-order valence-electron chi connectivity index (χ4n) is 3.79. The molecule has 6 heteroatoms. The molecular weight excluding hydrogens is 353 g/mol. The van der Waals surface area contributed by atoms with E-state index in [4.69, 9.17) is 16.3 Å². The van der Waals surface area contributed by atoms with Crippen LogP contribution in [0.15, 0.2) is 42.6 Å². The molecule has 4 rings (SSSR count). The molecule has 26 heavy (non-hydrogen) atoms. The van der Waals surface area contributed by atoms with Crippen LogP contribution in [0.25, 0.3) is 10.9 Å². The molecule has 0 bridgehead atoms. The van der Waals surface area contributed by atoms with E-state index in [1.54, 1.807) is 6.20 Å². The van der Waals surface area contributed by atoms with Gasteiger partial charge in [0.25, 0.3) is 0 Å². The highest BCUT2D eigenvalue weighted by Gasteiger charge is 2.34. The maximum absolute atomic E-state index is 13.3. The predicted octanol–water partition coefficient (Wildman–Crippen LogP) is 4.19. The molecule has 4 nitrogen and oxygen atoms in total. The van der Waals surface area contributed by atoms with Crippen LogP contribution in [-0.2, 0) is 16.8 Å². The molecule has 0 aliphatic carbocycles. The minimum atomic E-state index is -0.209. The molecule has 0 radical (unpaired) electrons. The van der Waals surface area contributed by atoms with Crippen LogP contribution in [0.5, 0.6) is 0 Å². The van der Waals surface area contributed by atoms with Crippen molar-refractivity contribution < 1.29 is 9.13 Å². The van der Waals surface area contributed by atoms with Crippen molar-refractivity contribution in [2.75, 3.05) is 19.7 Å². The molecule has 1 aliphatic heterocycles. The number of rotatable bonds is 5. The van der Waals surface area contributed by atoms with E-state index in [0.29, 0.717) is 18.2 Å². The molecule has 0 unspecified atom stereocenters. The lowest BCUT2D eigenvalue weighted by molar-refractivity contribution is 0.0570. The molecule has 0 saturated carbocycles. The summed E-state index contributed by atoms with van der Waals surface area (Å²) in [5.74, 6) is -0.209. The summed E-state index contributed by atoms with van der Waals surface area (Å²) in [6.45, 7) is 2.91. The Hall–Kier alpha value is -1.95. The molecule has 136 valence electrons. The number of hydrogen-bond donors (Lipinski definition) is 2. The van der Waals surface area contributed by atoms with Crippen LogP contribution >= 0.6 is 11.6 Å². The van der Waals surface area contributed by atoms with Gasteiger partial charge in [0, 0.05) is 21.4 Å². The highest BCUT2D eigenvalue weighted by Crippen LogP contribution is 2.34. The fourth-order valence-corrected chi connectivity index (χ4v) is 4.04. The molecule has 1 aromatic heterocycles. The van der Waals surface area contributed by atoms with Gasteiger partial charge in [0.05, 0.1) is 24.9 Å². The minimum absolute atomic E-state index is 0.0926. The maximum Gasteiger partial charge on any atom is 0.123 e. The molecule has 3 aromatic rings. The van der Waals surface area contributed by atoms with Crippen molar-refractivity contribution in [3.8, 4) is 0 Å². The number of fused-ring (bicyclic) bond motifs is 1. The Kier molecular flexibility index (Phi) is 4.94. The number of aromatic amines is 1. The van der Waals surface area contributed by atoms with Crippen LogP contribution in [0, 0.1) is 5.82 Å². The van der Waals surface area contributed by atoms with E-state index in [0.717, 1.165) is 48.0 Å². The van der Waals surface area contributed by atoms with E-state index < -0.39 is 0 Å². The Morgan fingerprint density at radius 3 is 2.69 bits per heavy atom. The first-order valence-electron chi connectivity index (χ1n) is 8.82. The highest BCUT2D eigenvalue weighted by atomic mass is 35.5. The van der Waals surface area contributed by atoms with Crippen molar-refractivity contribution in [3.63, 3.8) is 0 Å². The number of H-pyrrole nitrogens is 1. The zero-order chi connectivity index (χ0) is 18.0. The van der Waals surface area contributed by atoms with E-state index in [1.165, 1.54) is 12.1 Å². The molecule has 2 aromatic carbocycles. The number of nitrogens with zero attached hydrogens (tertiary/aromatic N) is 1. The molecule has 0 atom stereocenters. The van der Waals surface area contributed by atoms with Gasteiger partial charge in [0.1, 0.15) is 5.82 Å². The molecule has 1 aliphatic rings. The molecule has 0 spiro atoms. The lowest BCUT2D eigenvalue weighted by Gasteiger charge is -2.38. The van der Waals surface area contributed by atoms with Gasteiger partial charge < -0.3 is 10.1 Å². The minimum Gasteiger partial charge on any atom is -0.376 e. The highest BCUT2D eigenvalue weighted by molar-refractivity contribution is 6.31. The van der Waals surface area contributed by atoms with Crippen LogP contribution in [0.4, 0.5) is 4.39 Å². The predicted molar refractivity (Wildman–Crippen MR) is 101 cm³/mol. The van der Waals surface area contributed by atoms with E-state index >= 15 is 0 Å². The zero-order valence-corrected chi connectivity index (χ0v) is 15.2. The second-order valence-electron chi connectivity index (χ2n) is 6.93. The average Bonchev–Trinajstić information content (AvgIpc) is 3.11. The van der Waals surface area contributed by atoms with E-state index in [2.05, 4.69) is 15.5 Å². The molecule has 0 amide bonds. The quantitative estimate of drug-likeness (QED) is 0.705. The normalized spacial score (nSPS) is 16.8. The largest absolute Gasteiger partial charge is 0.376 e. The number of piperidine rings is 1. The Morgan fingerprint density at radius 2 is 1.92 bits per heavy atom. The van der Waals surface area contributed by atoms with Gasteiger partial charge in [-0.05, 0) is 55.8 Å². The summed E-state index contributed by atoms with van der Waals surface area (Å²) in [6, 6.07) is 10.6. The Morgan fingerprint density at radius 1 is 1.15 bits per heavy atom. The fraction of sp³-hybridized carbons (Fsp3) is 0.350. The van der Waals surface area contributed by atoms with E-state index in [9.17, 15) is 4.39 Å². The monoisotopic (exact) mass is 373 g/mol. The van der Waals surface area contributed by atoms with Crippen molar-refractivity contribution in [2.24, 2.45) is 0 Å². The van der Waals surface area contributed by atoms with Gasteiger partial charge >= 0.3 is 0 Å². The Balaban J connectivity index is 1.53. The summed E-state index contributed by atoms with van der Waals surface area (Å²) in [7, 11) is 0. The standard InChI is InChI=1S/C20H21ClFN3O/c21-17-9-14-11-24-25-19(14)15(10-17)12-26-13-20(5-7-23-8-6-20)16-1-3-18(22)4-2-16/h1-4,9-11,23H,5-8,12-13H2,(H,24,25). The number of hydrogen-bond acceptors (Lipinski definition) is 3. The third kappa shape index (κ3) is 3.47.